The number of fused-ring (bicyclic) bond motifs is 1. The maximum atomic E-state index is 12.7. The SMILES string of the molecule is Cc1cccc2c1NCC1(CCCCCC1)C(=O)N2. The molecule has 19 heavy (non-hydrogen) atoms. The number of hydrogen-bond donors (Lipinski definition) is 2. The standard InChI is InChI=1S/C16H22N2O/c1-12-7-6-8-13-14(12)17-11-16(15(19)18-13)9-4-2-3-5-10-16/h6-8,17H,2-5,9-11H2,1H3,(H,18,19). The lowest BCUT2D eigenvalue weighted by Gasteiger charge is -2.29. The first-order valence-electron chi connectivity index (χ1n) is 7.36. The van der Waals surface area contributed by atoms with Gasteiger partial charge in [0.15, 0.2) is 0 Å². The number of carbonyl (C=O) groups is 1. The number of rotatable bonds is 0. The molecule has 2 aliphatic rings. The summed E-state index contributed by atoms with van der Waals surface area (Å²) in [5.41, 5.74) is 3.02. The van der Waals surface area contributed by atoms with Gasteiger partial charge in [-0.25, -0.2) is 0 Å². The molecule has 0 bridgehead atoms. The second-order valence-corrected chi connectivity index (χ2v) is 6.00. The van der Waals surface area contributed by atoms with Crippen LogP contribution in [0.25, 0.3) is 0 Å². The Bertz CT molecular complexity index is 488. The third kappa shape index (κ3) is 2.22. The van der Waals surface area contributed by atoms with Crippen molar-refractivity contribution in [2.45, 2.75) is 45.4 Å². The number of anilines is 2. The third-order valence-electron chi connectivity index (χ3n) is 4.67. The van der Waals surface area contributed by atoms with Crippen LogP contribution in [0, 0.1) is 12.3 Å². The van der Waals surface area contributed by atoms with Gasteiger partial charge in [-0.05, 0) is 31.4 Å². The maximum absolute atomic E-state index is 12.7. The van der Waals surface area contributed by atoms with E-state index in [1.807, 2.05) is 12.1 Å². The minimum absolute atomic E-state index is 0.206. The average Bonchev–Trinajstić information content (AvgIpc) is 2.71. The first-order chi connectivity index (χ1) is 9.21. The molecule has 0 aromatic heterocycles. The molecule has 1 saturated carbocycles. The van der Waals surface area contributed by atoms with E-state index in [9.17, 15) is 4.79 Å². The molecule has 3 nitrogen and oxygen atoms in total. The molecular weight excluding hydrogens is 236 g/mol. The van der Waals surface area contributed by atoms with Gasteiger partial charge in [-0.15, -0.1) is 0 Å². The molecule has 3 rings (SSSR count). The van der Waals surface area contributed by atoms with Gasteiger partial charge in [-0.3, -0.25) is 4.79 Å². The van der Waals surface area contributed by atoms with Gasteiger partial charge < -0.3 is 10.6 Å². The fraction of sp³-hybridized carbons (Fsp3) is 0.562. The minimum Gasteiger partial charge on any atom is -0.382 e. The largest absolute Gasteiger partial charge is 0.382 e. The van der Waals surface area contributed by atoms with Gasteiger partial charge in [-0.1, -0.05) is 37.8 Å². The summed E-state index contributed by atoms with van der Waals surface area (Å²) in [6.45, 7) is 2.86. The summed E-state index contributed by atoms with van der Waals surface area (Å²) in [7, 11) is 0. The first-order valence-corrected chi connectivity index (χ1v) is 7.36. The number of para-hydroxylation sites is 1. The first kappa shape index (κ1) is 12.5. The Morgan fingerprint density at radius 2 is 1.84 bits per heavy atom. The molecule has 1 fully saturated rings. The summed E-state index contributed by atoms with van der Waals surface area (Å²) in [5, 5.41) is 6.68. The normalized spacial score (nSPS) is 21.8. The fourth-order valence-corrected chi connectivity index (χ4v) is 3.41. The Hall–Kier alpha value is -1.51. The zero-order valence-corrected chi connectivity index (χ0v) is 11.6. The number of aryl methyl sites for hydroxylation is 1. The zero-order valence-electron chi connectivity index (χ0n) is 11.6. The molecule has 1 amide bonds. The predicted molar refractivity (Wildman–Crippen MR) is 78.4 cm³/mol. The summed E-state index contributed by atoms with van der Waals surface area (Å²) >= 11 is 0. The van der Waals surface area contributed by atoms with Gasteiger partial charge >= 0.3 is 0 Å². The van der Waals surface area contributed by atoms with Gasteiger partial charge in [0.05, 0.1) is 16.8 Å². The molecule has 1 aromatic carbocycles. The third-order valence-corrected chi connectivity index (χ3v) is 4.67. The van der Waals surface area contributed by atoms with E-state index in [0.717, 1.165) is 30.8 Å². The number of hydrogen-bond acceptors (Lipinski definition) is 2. The Kier molecular flexibility index (Phi) is 3.21. The molecule has 0 saturated heterocycles. The van der Waals surface area contributed by atoms with E-state index in [-0.39, 0.29) is 11.3 Å². The fourth-order valence-electron chi connectivity index (χ4n) is 3.41. The summed E-state index contributed by atoms with van der Waals surface area (Å²) in [4.78, 5) is 12.7. The highest BCUT2D eigenvalue weighted by Gasteiger charge is 2.40. The van der Waals surface area contributed by atoms with Crippen LogP contribution in [0.2, 0.25) is 0 Å². The molecule has 1 heterocycles. The molecule has 102 valence electrons. The van der Waals surface area contributed by atoms with Crippen LogP contribution in [0.3, 0.4) is 0 Å². The van der Waals surface area contributed by atoms with E-state index in [2.05, 4.69) is 23.6 Å². The molecule has 2 N–H and O–H groups in total. The van der Waals surface area contributed by atoms with Crippen molar-refractivity contribution in [1.82, 2.24) is 0 Å². The van der Waals surface area contributed by atoms with Crippen LogP contribution >= 0.6 is 0 Å². The molecule has 1 aliphatic heterocycles. The second kappa shape index (κ2) is 4.87. The molecule has 1 spiro atoms. The molecule has 0 radical (unpaired) electrons. The Balaban J connectivity index is 1.93. The van der Waals surface area contributed by atoms with Crippen molar-refractivity contribution in [3.8, 4) is 0 Å². The zero-order chi connectivity index (χ0) is 13.3. The van der Waals surface area contributed by atoms with Crippen molar-refractivity contribution in [3.63, 3.8) is 0 Å². The summed E-state index contributed by atoms with van der Waals surface area (Å²) in [6.07, 6.45) is 6.90. The number of carbonyl (C=O) groups excluding carboxylic acids is 1. The van der Waals surface area contributed by atoms with E-state index < -0.39 is 0 Å². The minimum atomic E-state index is -0.206. The Morgan fingerprint density at radius 1 is 1.11 bits per heavy atom. The van der Waals surface area contributed by atoms with Crippen LogP contribution in [-0.2, 0) is 4.79 Å². The summed E-state index contributed by atoms with van der Waals surface area (Å²) < 4.78 is 0. The molecule has 0 unspecified atom stereocenters. The van der Waals surface area contributed by atoms with Crippen molar-refractivity contribution in [2.24, 2.45) is 5.41 Å². The van der Waals surface area contributed by atoms with Crippen LogP contribution < -0.4 is 10.6 Å². The van der Waals surface area contributed by atoms with E-state index in [4.69, 9.17) is 0 Å². The lowest BCUT2D eigenvalue weighted by Crippen LogP contribution is -2.39. The van der Waals surface area contributed by atoms with Gasteiger partial charge in [-0.2, -0.15) is 0 Å². The second-order valence-electron chi connectivity index (χ2n) is 6.00. The van der Waals surface area contributed by atoms with Crippen molar-refractivity contribution in [1.29, 1.82) is 0 Å². The van der Waals surface area contributed by atoms with Crippen molar-refractivity contribution in [2.75, 3.05) is 17.2 Å². The Morgan fingerprint density at radius 3 is 2.58 bits per heavy atom. The summed E-state index contributed by atoms with van der Waals surface area (Å²) in [6, 6.07) is 6.08. The quantitative estimate of drug-likeness (QED) is 0.745. The van der Waals surface area contributed by atoms with Crippen LogP contribution in [0.1, 0.15) is 44.1 Å². The highest BCUT2D eigenvalue weighted by Crippen LogP contribution is 2.40. The smallest absolute Gasteiger partial charge is 0.232 e. The van der Waals surface area contributed by atoms with Gasteiger partial charge in [0.2, 0.25) is 5.91 Å². The highest BCUT2D eigenvalue weighted by molar-refractivity contribution is 6.00. The van der Waals surface area contributed by atoms with E-state index in [0.29, 0.717) is 0 Å². The molecular formula is C16H22N2O. The van der Waals surface area contributed by atoms with Crippen molar-refractivity contribution < 1.29 is 4.79 Å². The van der Waals surface area contributed by atoms with Crippen molar-refractivity contribution >= 4 is 17.3 Å². The van der Waals surface area contributed by atoms with Gasteiger partial charge in [0, 0.05) is 6.54 Å². The topological polar surface area (TPSA) is 41.1 Å². The number of nitrogens with one attached hydrogen (secondary N) is 2. The van der Waals surface area contributed by atoms with E-state index >= 15 is 0 Å². The van der Waals surface area contributed by atoms with Gasteiger partial charge in [0.25, 0.3) is 0 Å². The maximum Gasteiger partial charge on any atom is 0.232 e. The van der Waals surface area contributed by atoms with Crippen LogP contribution in [-0.4, -0.2) is 12.5 Å². The highest BCUT2D eigenvalue weighted by atomic mass is 16.2. The Labute approximate surface area is 114 Å². The van der Waals surface area contributed by atoms with Gasteiger partial charge in [0.1, 0.15) is 0 Å². The molecule has 1 aromatic rings. The monoisotopic (exact) mass is 258 g/mol. The molecule has 0 atom stereocenters. The lowest BCUT2D eigenvalue weighted by molar-refractivity contribution is -0.125. The predicted octanol–water partition coefficient (Wildman–Crippen LogP) is 3.70. The van der Waals surface area contributed by atoms with Crippen LogP contribution in [0.4, 0.5) is 11.4 Å². The van der Waals surface area contributed by atoms with Crippen LogP contribution in [0.5, 0.6) is 0 Å². The molecule has 3 heteroatoms. The molecule has 1 aliphatic carbocycles. The van der Waals surface area contributed by atoms with Crippen molar-refractivity contribution in [3.05, 3.63) is 23.8 Å². The average molecular weight is 258 g/mol. The summed E-state index contributed by atoms with van der Waals surface area (Å²) in [5.74, 6) is 0.214. The lowest BCUT2D eigenvalue weighted by atomic mass is 9.79. The van der Waals surface area contributed by atoms with E-state index in [1.54, 1.807) is 0 Å². The van der Waals surface area contributed by atoms with Crippen LogP contribution in [0.15, 0.2) is 18.2 Å². The van der Waals surface area contributed by atoms with E-state index in [1.165, 1.54) is 31.2 Å². The number of benzene rings is 1. The number of amides is 1.